The zero-order valence-corrected chi connectivity index (χ0v) is 9.76. The first-order valence-electron chi connectivity index (χ1n) is 5.34. The first-order chi connectivity index (χ1) is 7.31. The molecule has 2 N–H and O–H groups in total. The Labute approximate surface area is 94.2 Å². The van der Waals surface area contributed by atoms with E-state index in [-0.39, 0.29) is 12.1 Å². The molecule has 0 saturated carbocycles. The Bertz CT molecular complexity index is 307. The number of rotatable bonds is 3. The second-order valence-corrected chi connectivity index (χ2v) is 4.87. The van der Waals surface area contributed by atoms with E-state index in [1.54, 1.807) is 11.3 Å². The zero-order chi connectivity index (χ0) is 10.7. The summed E-state index contributed by atoms with van der Waals surface area (Å²) < 4.78 is 11.0. The van der Waals surface area contributed by atoms with Gasteiger partial charge in [-0.3, -0.25) is 0 Å². The summed E-state index contributed by atoms with van der Waals surface area (Å²) in [4.78, 5) is 2.57. The van der Waals surface area contributed by atoms with E-state index in [0.717, 1.165) is 6.42 Å². The predicted octanol–water partition coefficient (Wildman–Crippen LogP) is 1.73. The molecular weight excluding hydrogens is 210 g/mol. The molecule has 0 bridgehead atoms. The Morgan fingerprint density at radius 2 is 2.40 bits per heavy atom. The van der Waals surface area contributed by atoms with E-state index >= 15 is 0 Å². The van der Waals surface area contributed by atoms with E-state index in [1.165, 1.54) is 9.75 Å². The number of hydrogen-bond donors (Lipinski definition) is 1. The van der Waals surface area contributed by atoms with Gasteiger partial charge in [-0.2, -0.15) is 0 Å². The number of aryl methyl sites for hydroxylation is 1. The largest absolute Gasteiger partial charge is 0.376 e. The van der Waals surface area contributed by atoms with Crippen LogP contribution in [-0.4, -0.2) is 25.9 Å². The van der Waals surface area contributed by atoms with Crippen molar-refractivity contribution in [3.63, 3.8) is 0 Å². The van der Waals surface area contributed by atoms with Crippen molar-refractivity contribution in [1.82, 2.24) is 0 Å². The fourth-order valence-electron chi connectivity index (χ4n) is 1.66. The topological polar surface area (TPSA) is 44.5 Å². The minimum Gasteiger partial charge on any atom is -0.376 e. The second-order valence-electron chi connectivity index (χ2n) is 3.67. The quantitative estimate of drug-likeness (QED) is 0.855. The first kappa shape index (κ1) is 11.1. The normalized spacial score (nSPS) is 24.0. The molecule has 4 heteroatoms. The molecule has 84 valence electrons. The third kappa shape index (κ3) is 2.58. The summed E-state index contributed by atoms with van der Waals surface area (Å²) >= 11 is 1.77. The highest BCUT2D eigenvalue weighted by Crippen LogP contribution is 2.26. The highest BCUT2D eigenvalue weighted by atomic mass is 32.1. The van der Waals surface area contributed by atoms with E-state index in [0.29, 0.717) is 19.8 Å². The van der Waals surface area contributed by atoms with Gasteiger partial charge in [-0.05, 0) is 18.6 Å². The smallest absolute Gasteiger partial charge is 0.101 e. The van der Waals surface area contributed by atoms with Crippen molar-refractivity contribution >= 4 is 11.3 Å². The van der Waals surface area contributed by atoms with Gasteiger partial charge in [-0.25, -0.2) is 0 Å². The van der Waals surface area contributed by atoms with Gasteiger partial charge in [-0.15, -0.1) is 11.3 Å². The maximum Gasteiger partial charge on any atom is 0.101 e. The van der Waals surface area contributed by atoms with Crippen LogP contribution in [0.1, 0.15) is 22.7 Å². The van der Waals surface area contributed by atoms with Gasteiger partial charge in [0.1, 0.15) is 6.10 Å². The third-order valence-electron chi connectivity index (χ3n) is 2.60. The van der Waals surface area contributed by atoms with Gasteiger partial charge >= 0.3 is 0 Å². The summed E-state index contributed by atoms with van der Waals surface area (Å²) in [6.45, 7) is 4.11. The fourth-order valence-corrected chi connectivity index (χ4v) is 2.67. The second kappa shape index (κ2) is 5.07. The molecule has 0 radical (unpaired) electrons. The molecule has 0 aromatic carbocycles. The summed E-state index contributed by atoms with van der Waals surface area (Å²) in [7, 11) is 0. The van der Waals surface area contributed by atoms with Gasteiger partial charge < -0.3 is 15.2 Å². The van der Waals surface area contributed by atoms with Crippen LogP contribution in [0.4, 0.5) is 0 Å². The van der Waals surface area contributed by atoms with Crippen molar-refractivity contribution in [2.24, 2.45) is 5.73 Å². The SMILES string of the molecule is CCc1ccc(C(N)C2COCCO2)s1. The molecule has 1 aromatic heterocycles. The van der Waals surface area contributed by atoms with E-state index in [2.05, 4.69) is 19.1 Å². The van der Waals surface area contributed by atoms with Crippen LogP contribution < -0.4 is 5.73 Å². The number of hydrogen-bond acceptors (Lipinski definition) is 4. The molecule has 0 aliphatic carbocycles. The van der Waals surface area contributed by atoms with Crippen molar-refractivity contribution in [3.8, 4) is 0 Å². The average molecular weight is 227 g/mol. The molecule has 2 unspecified atom stereocenters. The van der Waals surface area contributed by atoms with Crippen molar-refractivity contribution in [1.29, 1.82) is 0 Å². The lowest BCUT2D eigenvalue weighted by atomic mass is 10.1. The van der Waals surface area contributed by atoms with Crippen molar-refractivity contribution in [2.45, 2.75) is 25.5 Å². The fraction of sp³-hybridized carbons (Fsp3) is 0.636. The maximum absolute atomic E-state index is 6.14. The van der Waals surface area contributed by atoms with E-state index in [4.69, 9.17) is 15.2 Å². The molecule has 1 aliphatic heterocycles. The number of ether oxygens (including phenoxy) is 2. The van der Waals surface area contributed by atoms with Crippen LogP contribution in [0.5, 0.6) is 0 Å². The summed E-state index contributed by atoms with van der Waals surface area (Å²) in [5.74, 6) is 0. The molecule has 1 aliphatic rings. The summed E-state index contributed by atoms with van der Waals surface area (Å²) in [6, 6.07) is 4.20. The van der Waals surface area contributed by atoms with Crippen LogP contribution in [0.2, 0.25) is 0 Å². The van der Waals surface area contributed by atoms with Gasteiger partial charge in [0.25, 0.3) is 0 Å². The van der Waals surface area contributed by atoms with Crippen LogP contribution in [0.25, 0.3) is 0 Å². The van der Waals surface area contributed by atoms with Crippen LogP contribution in [0, 0.1) is 0 Å². The van der Waals surface area contributed by atoms with Gasteiger partial charge in [0, 0.05) is 9.75 Å². The Morgan fingerprint density at radius 3 is 3.00 bits per heavy atom. The lowest BCUT2D eigenvalue weighted by Crippen LogP contribution is -2.37. The molecule has 0 spiro atoms. The molecule has 1 aromatic rings. The minimum absolute atomic E-state index is 0.0158. The Morgan fingerprint density at radius 1 is 1.53 bits per heavy atom. The van der Waals surface area contributed by atoms with Crippen LogP contribution >= 0.6 is 11.3 Å². The van der Waals surface area contributed by atoms with Crippen molar-refractivity contribution in [2.75, 3.05) is 19.8 Å². The van der Waals surface area contributed by atoms with Gasteiger partial charge in [0.15, 0.2) is 0 Å². The highest BCUT2D eigenvalue weighted by Gasteiger charge is 2.24. The molecule has 15 heavy (non-hydrogen) atoms. The number of nitrogens with two attached hydrogens (primary N) is 1. The van der Waals surface area contributed by atoms with Gasteiger partial charge in [-0.1, -0.05) is 6.92 Å². The summed E-state index contributed by atoms with van der Waals surface area (Å²) in [5, 5.41) is 0. The Balaban J connectivity index is 2.02. The number of thiophene rings is 1. The Hall–Kier alpha value is -0.420. The van der Waals surface area contributed by atoms with E-state index in [1.807, 2.05) is 0 Å². The van der Waals surface area contributed by atoms with Crippen LogP contribution in [0.15, 0.2) is 12.1 Å². The van der Waals surface area contributed by atoms with Gasteiger partial charge in [0.05, 0.1) is 25.9 Å². The maximum atomic E-state index is 6.14. The molecule has 2 atom stereocenters. The average Bonchev–Trinajstić information content (AvgIpc) is 2.78. The summed E-state index contributed by atoms with van der Waals surface area (Å²) in [6.07, 6.45) is 1.08. The first-order valence-corrected chi connectivity index (χ1v) is 6.16. The highest BCUT2D eigenvalue weighted by molar-refractivity contribution is 7.12. The van der Waals surface area contributed by atoms with Crippen molar-refractivity contribution in [3.05, 3.63) is 21.9 Å². The predicted molar refractivity (Wildman–Crippen MR) is 61.2 cm³/mol. The molecule has 0 amide bonds. The monoisotopic (exact) mass is 227 g/mol. The van der Waals surface area contributed by atoms with E-state index < -0.39 is 0 Å². The van der Waals surface area contributed by atoms with Gasteiger partial charge in [0.2, 0.25) is 0 Å². The van der Waals surface area contributed by atoms with Crippen molar-refractivity contribution < 1.29 is 9.47 Å². The van der Waals surface area contributed by atoms with Crippen LogP contribution in [0.3, 0.4) is 0 Å². The molecule has 1 fully saturated rings. The molecule has 2 rings (SSSR count). The van der Waals surface area contributed by atoms with Crippen LogP contribution in [-0.2, 0) is 15.9 Å². The molecular formula is C11H17NO2S. The summed E-state index contributed by atoms with van der Waals surface area (Å²) in [5.41, 5.74) is 6.14. The third-order valence-corrected chi connectivity index (χ3v) is 3.93. The lowest BCUT2D eigenvalue weighted by Gasteiger charge is -2.27. The Kier molecular flexibility index (Phi) is 3.75. The zero-order valence-electron chi connectivity index (χ0n) is 8.94. The minimum atomic E-state index is -0.0457. The van der Waals surface area contributed by atoms with E-state index in [9.17, 15) is 0 Å². The standard InChI is InChI=1S/C11H17NO2S/c1-2-8-3-4-10(15-8)11(12)9-7-13-5-6-14-9/h3-4,9,11H,2,5-7,12H2,1H3. The lowest BCUT2D eigenvalue weighted by molar-refractivity contribution is -0.0971. The molecule has 3 nitrogen and oxygen atoms in total. The molecule has 2 heterocycles. The molecule has 1 saturated heterocycles.